The van der Waals surface area contributed by atoms with E-state index in [1.165, 1.54) is 11.3 Å². The van der Waals surface area contributed by atoms with Gasteiger partial charge in [0, 0.05) is 37.1 Å². The van der Waals surface area contributed by atoms with Gasteiger partial charge >= 0.3 is 0 Å². The summed E-state index contributed by atoms with van der Waals surface area (Å²) in [6, 6.07) is 7.87. The van der Waals surface area contributed by atoms with Gasteiger partial charge in [-0.2, -0.15) is 0 Å². The summed E-state index contributed by atoms with van der Waals surface area (Å²) in [4.78, 5) is 24.6. The lowest BCUT2D eigenvalue weighted by atomic mass is 10.1. The molecule has 3 rings (SSSR count). The zero-order valence-corrected chi connectivity index (χ0v) is 20.5. The van der Waals surface area contributed by atoms with Gasteiger partial charge < -0.3 is 15.5 Å². The molecule has 1 aromatic carbocycles. The third-order valence-corrected chi connectivity index (χ3v) is 5.99. The fraction of sp³-hybridized carbons (Fsp3) is 0.476. The molecule has 0 spiro atoms. The van der Waals surface area contributed by atoms with Crippen LogP contribution in [0.1, 0.15) is 50.8 Å². The topological polar surface area (TPSA) is 69.6 Å². The molecule has 1 aliphatic heterocycles. The molecule has 6 nitrogen and oxygen atoms in total. The highest BCUT2D eigenvalue weighted by Crippen LogP contribution is 2.17. The number of halogens is 1. The summed E-state index contributed by atoms with van der Waals surface area (Å²) in [6.45, 7) is 7.10. The van der Waals surface area contributed by atoms with Gasteiger partial charge in [-0.15, -0.1) is 35.3 Å². The number of benzene rings is 1. The van der Waals surface area contributed by atoms with Crippen LogP contribution >= 0.6 is 35.3 Å². The maximum atomic E-state index is 12.7. The van der Waals surface area contributed by atoms with E-state index in [4.69, 9.17) is 0 Å². The quantitative estimate of drug-likeness (QED) is 0.352. The van der Waals surface area contributed by atoms with E-state index in [-0.39, 0.29) is 29.9 Å². The number of amides is 1. The Morgan fingerprint density at radius 2 is 1.90 bits per heavy atom. The number of thiazole rings is 1. The second-order valence-electron chi connectivity index (χ2n) is 7.07. The molecule has 2 heterocycles. The molecule has 0 saturated carbocycles. The molecule has 8 heteroatoms. The van der Waals surface area contributed by atoms with Gasteiger partial charge in [0.05, 0.1) is 17.2 Å². The van der Waals surface area contributed by atoms with Crippen molar-refractivity contribution >= 4 is 47.2 Å². The first-order valence-corrected chi connectivity index (χ1v) is 10.6. The molecule has 0 unspecified atom stereocenters. The van der Waals surface area contributed by atoms with Gasteiger partial charge in [0.25, 0.3) is 5.91 Å². The number of aromatic nitrogens is 1. The fourth-order valence-corrected chi connectivity index (χ4v) is 4.28. The summed E-state index contributed by atoms with van der Waals surface area (Å²) in [5, 5.41) is 7.74. The van der Waals surface area contributed by atoms with Crippen molar-refractivity contribution in [2.75, 3.05) is 20.1 Å². The molecule has 0 aliphatic carbocycles. The summed E-state index contributed by atoms with van der Waals surface area (Å²) < 4.78 is 0. The van der Waals surface area contributed by atoms with Crippen LogP contribution in [0, 0.1) is 13.8 Å². The number of carbonyl (C=O) groups is 1. The normalized spacial score (nSPS) is 14.3. The average molecular weight is 527 g/mol. The van der Waals surface area contributed by atoms with E-state index in [9.17, 15) is 4.79 Å². The van der Waals surface area contributed by atoms with Gasteiger partial charge in [0.15, 0.2) is 5.96 Å². The van der Waals surface area contributed by atoms with E-state index in [0.717, 1.165) is 53.7 Å². The lowest BCUT2D eigenvalue weighted by molar-refractivity contribution is 0.0724. The van der Waals surface area contributed by atoms with Crippen LogP contribution in [0.5, 0.6) is 0 Å². The van der Waals surface area contributed by atoms with Gasteiger partial charge in [-0.05, 0) is 50.8 Å². The Morgan fingerprint density at radius 3 is 2.55 bits per heavy atom. The average Bonchev–Trinajstić information content (AvgIpc) is 3.05. The highest BCUT2D eigenvalue weighted by Gasteiger charge is 2.18. The van der Waals surface area contributed by atoms with Crippen LogP contribution in [0.2, 0.25) is 0 Å². The van der Waals surface area contributed by atoms with Crippen LogP contribution in [-0.2, 0) is 13.1 Å². The molecule has 1 saturated heterocycles. The van der Waals surface area contributed by atoms with Gasteiger partial charge in [-0.1, -0.05) is 12.1 Å². The number of piperidine rings is 1. The SMILES string of the molecule is CN=C(NCc1cccc(C(=O)N2CCCCC2)c1)NCc1sc(C)nc1C.I. The Hall–Kier alpha value is -1.68. The van der Waals surface area contributed by atoms with Crippen molar-refractivity contribution in [3.8, 4) is 0 Å². The minimum Gasteiger partial charge on any atom is -0.352 e. The zero-order valence-electron chi connectivity index (χ0n) is 17.3. The molecule has 0 bridgehead atoms. The Balaban J connectivity index is 0.00000300. The third-order valence-electron chi connectivity index (χ3n) is 4.92. The van der Waals surface area contributed by atoms with Gasteiger partial charge in [-0.25, -0.2) is 4.98 Å². The Kier molecular flexibility index (Phi) is 9.35. The zero-order chi connectivity index (χ0) is 19.9. The summed E-state index contributed by atoms with van der Waals surface area (Å²) >= 11 is 1.70. The lowest BCUT2D eigenvalue weighted by Crippen LogP contribution is -2.36. The van der Waals surface area contributed by atoms with Crippen molar-refractivity contribution in [3.63, 3.8) is 0 Å². The van der Waals surface area contributed by atoms with Crippen LogP contribution in [0.3, 0.4) is 0 Å². The molecule has 29 heavy (non-hydrogen) atoms. The van der Waals surface area contributed by atoms with Crippen molar-refractivity contribution in [3.05, 3.63) is 51.0 Å². The molecular weight excluding hydrogens is 497 g/mol. The predicted octanol–water partition coefficient (Wildman–Crippen LogP) is 3.87. The summed E-state index contributed by atoms with van der Waals surface area (Å²) in [5.74, 6) is 0.873. The van der Waals surface area contributed by atoms with Gasteiger partial charge in [0.1, 0.15) is 0 Å². The molecule has 1 aliphatic rings. The first-order valence-electron chi connectivity index (χ1n) is 9.82. The second kappa shape index (κ2) is 11.5. The maximum Gasteiger partial charge on any atom is 0.253 e. The van der Waals surface area contributed by atoms with E-state index in [1.807, 2.05) is 43.0 Å². The smallest absolute Gasteiger partial charge is 0.253 e. The first kappa shape index (κ1) is 23.6. The second-order valence-corrected chi connectivity index (χ2v) is 8.36. The number of likely N-dealkylation sites (tertiary alicyclic amines) is 1. The molecule has 1 fully saturated rings. The van der Waals surface area contributed by atoms with Crippen LogP contribution < -0.4 is 10.6 Å². The Morgan fingerprint density at radius 1 is 1.17 bits per heavy atom. The van der Waals surface area contributed by atoms with E-state index >= 15 is 0 Å². The first-order chi connectivity index (χ1) is 13.6. The number of hydrogen-bond acceptors (Lipinski definition) is 4. The highest BCUT2D eigenvalue weighted by atomic mass is 127. The van der Waals surface area contributed by atoms with Crippen molar-refractivity contribution in [2.45, 2.75) is 46.2 Å². The highest BCUT2D eigenvalue weighted by molar-refractivity contribution is 14.0. The lowest BCUT2D eigenvalue weighted by Gasteiger charge is -2.26. The summed E-state index contributed by atoms with van der Waals surface area (Å²) in [6.07, 6.45) is 3.43. The van der Waals surface area contributed by atoms with E-state index in [2.05, 4.69) is 20.6 Å². The van der Waals surface area contributed by atoms with Crippen LogP contribution in [0.4, 0.5) is 0 Å². The molecule has 0 radical (unpaired) electrons. The monoisotopic (exact) mass is 527 g/mol. The molecule has 2 N–H and O–H groups in total. The molecular formula is C21H30IN5OS. The number of nitrogens with one attached hydrogen (secondary N) is 2. The van der Waals surface area contributed by atoms with Crippen molar-refractivity contribution in [2.24, 2.45) is 4.99 Å². The Bertz CT molecular complexity index is 845. The van der Waals surface area contributed by atoms with Crippen molar-refractivity contribution in [1.82, 2.24) is 20.5 Å². The standard InChI is InChI=1S/C21H29N5OS.HI/c1-15-19(28-16(2)25-15)14-24-21(22-3)23-13-17-8-7-9-18(12-17)20(27)26-10-5-4-6-11-26;/h7-9,12H,4-6,10-11,13-14H2,1-3H3,(H2,22,23,24);1H. The number of aryl methyl sites for hydroxylation is 2. The van der Waals surface area contributed by atoms with Crippen molar-refractivity contribution in [1.29, 1.82) is 0 Å². The molecule has 1 aromatic heterocycles. The third kappa shape index (κ3) is 6.67. The molecule has 1 amide bonds. The van der Waals surface area contributed by atoms with Crippen molar-refractivity contribution < 1.29 is 4.79 Å². The molecule has 0 atom stereocenters. The van der Waals surface area contributed by atoms with Gasteiger partial charge in [-0.3, -0.25) is 9.79 Å². The number of aliphatic imine (C=N–C) groups is 1. The van der Waals surface area contributed by atoms with E-state index in [0.29, 0.717) is 13.1 Å². The number of rotatable bonds is 5. The molecule has 2 aromatic rings. The molecule has 158 valence electrons. The van der Waals surface area contributed by atoms with E-state index < -0.39 is 0 Å². The van der Waals surface area contributed by atoms with E-state index in [1.54, 1.807) is 18.4 Å². The van der Waals surface area contributed by atoms with Crippen LogP contribution in [0.25, 0.3) is 0 Å². The largest absolute Gasteiger partial charge is 0.352 e. The number of hydrogen-bond donors (Lipinski definition) is 2. The number of carbonyl (C=O) groups excluding carboxylic acids is 1. The minimum absolute atomic E-state index is 0. The predicted molar refractivity (Wildman–Crippen MR) is 130 cm³/mol. The fourth-order valence-electron chi connectivity index (χ4n) is 3.40. The number of guanidine groups is 1. The van der Waals surface area contributed by atoms with Crippen LogP contribution in [0.15, 0.2) is 29.3 Å². The Labute approximate surface area is 194 Å². The van der Waals surface area contributed by atoms with Gasteiger partial charge in [0.2, 0.25) is 0 Å². The minimum atomic E-state index is 0. The maximum absolute atomic E-state index is 12.7. The number of nitrogens with zero attached hydrogens (tertiary/aromatic N) is 3. The summed E-state index contributed by atoms with van der Waals surface area (Å²) in [7, 11) is 1.76. The summed E-state index contributed by atoms with van der Waals surface area (Å²) in [5.41, 5.74) is 2.89. The van der Waals surface area contributed by atoms with Crippen LogP contribution in [-0.4, -0.2) is 41.9 Å².